The molecule has 2 aromatic rings. The van der Waals surface area contributed by atoms with Gasteiger partial charge in [-0.05, 0) is 54.7 Å². The number of nitrogens with two attached hydrogens (primary N) is 1. The first-order valence-corrected chi connectivity index (χ1v) is 12.8. The topological polar surface area (TPSA) is 113 Å². The van der Waals surface area contributed by atoms with Crippen molar-refractivity contribution in [2.24, 2.45) is 0 Å². The summed E-state index contributed by atoms with van der Waals surface area (Å²) in [6.07, 6.45) is 4.88. The van der Waals surface area contributed by atoms with Crippen molar-refractivity contribution in [3.8, 4) is 0 Å². The van der Waals surface area contributed by atoms with Gasteiger partial charge >= 0.3 is 0 Å². The summed E-state index contributed by atoms with van der Waals surface area (Å²) in [5.74, 6) is 0.888. The number of nitrogens with zero attached hydrogens (tertiary/aromatic N) is 3. The predicted octanol–water partition coefficient (Wildman–Crippen LogP) is 4.49. The number of aromatic nitrogens is 2. The maximum absolute atomic E-state index is 12.0. The smallest absolute Gasteiger partial charge is 0.214 e. The molecule has 35 heavy (non-hydrogen) atoms. The maximum atomic E-state index is 12.0. The fourth-order valence-corrected chi connectivity index (χ4v) is 5.59. The Hall–Kier alpha value is -2.55. The van der Waals surface area contributed by atoms with Gasteiger partial charge in [0.1, 0.15) is 16.7 Å². The standard InChI is InChI=1S/C27H38N4O3S/c1-17(31(16-33)15-20-14-29-18(2)30-24(20)28)23(9-12-32)35-25(34)19-7-8-21-22(13-19)27(5,6)11-10-26(21,3)4/h7-8,13-14,16,32,34-35H,9-12,15H2,1-6H3,(H2,28,29,30)/b23-17-. The highest BCUT2D eigenvalue weighted by Gasteiger charge is 2.37. The zero-order valence-corrected chi connectivity index (χ0v) is 22.5. The van der Waals surface area contributed by atoms with E-state index in [-0.39, 0.29) is 29.0 Å². The molecule has 1 aliphatic carbocycles. The van der Waals surface area contributed by atoms with Crippen LogP contribution in [-0.2, 0) is 22.2 Å². The van der Waals surface area contributed by atoms with Crippen LogP contribution in [-0.4, -0.2) is 43.1 Å². The number of thiol groups is 1. The lowest BCUT2D eigenvalue weighted by molar-refractivity contribution is -0.116. The van der Waals surface area contributed by atoms with Gasteiger partial charge in [-0.25, -0.2) is 9.97 Å². The molecule has 1 amide bonds. The molecule has 7 nitrogen and oxygen atoms in total. The first kappa shape index (κ1) is 27.0. The lowest BCUT2D eigenvalue weighted by atomic mass is 9.63. The minimum Gasteiger partial charge on any atom is -0.396 e. The molecule has 3 rings (SSSR count). The van der Waals surface area contributed by atoms with Crippen LogP contribution in [0.4, 0.5) is 5.82 Å². The molecule has 0 saturated carbocycles. The van der Waals surface area contributed by atoms with Gasteiger partial charge in [0.15, 0.2) is 0 Å². The molecule has 0 atom stereocenters. The van der Waals surface area contributed by atoms with E-state index in [2.05, 4.69) is 49.8 Å². The Kier molecular flexibility index (Phi) is 8.19. The van der Waals surface area contributed by atoms with Crippen LogP contribution in [0.1, 0.15) is 82.0 Å². The van der Waals surface area contributed by atoms with Gasteiger partial charge in [-0.3, -0.25) is 4.79 Å². The van der Waals surface area contributed by atoms with Gasteiger partial charge in [0.25, 0.3) is 0 Å². The number of nitrogen functional groups attached to an aromatic ring is 1. The quantitative estimate of drug-likeness (QED) is 0.242. The van der Waals surface area contributed by atoms with Crippen LogP contribution in [0.25, 0.3) is 0 Å². The Morgan fingerprint density at radius 3 is 2.46 bits per heavy atom. The molecule has 1 aromatic heterocycles. The summed E-state index contributed by atoms with van der Waals surface area (Å²) < 4.78 is 0. The molecule has 1 aliphatic rings. The lowest BCUT2D eigenvalue weighted by Crippen LogP contribution is -2.34. The molecule has 0 saturated heterocycles. The van der Waals surface area contributed by atoms with E-state index in [0.29, 0.717) is 40.7 Å². The Labute approximate surface area is 212 Å². The van der Waals surface area contributed by atoms with Crippen LogP contribution in [0.5, 0.6) is 0 Å². The SMILES string of the molecule is C/C(=C(CCO)/[SH]=C(\O)c1ccc2c(c1)C(C)(C)CCC2(C)C)N(C=O)Cc1cnc(C)nc1N. The molecule has 0 radical (unpaired) electrons. The first-order chi connectivity index (χ1) is 16.4. The van der Waals surface area contributed by atoms with Crippen molar-refractivity contribution in [1.29, 1.82) is 0 Å². The molecule has 0 bridgehead atoms. The molecule has 1 aromatic carbocycles. The number of hydrogen-bond acceptors (Lipinski definition) is 5. The van der Waals surface area contributed by atoms with Gasteiger partial charge in [0, 0.05) is 41.0 Å². The third kappa shape index (κ3) is 6.00. The number of hydrogen-bond donors (Lipinski definition) is 4. The van der Waals surface area contributed by atoms with Crippen molar-refractivity contribution in [2.75, 3.05) is 12.3 Å². The average molecular weight is 499 g/mol. The van der Waals surface area contributed by atoms with Crippen molar-refractivity contribution >= 4 is 28.6 Å². The van der Waals surface area contributed by atoms with E-state index in [4.69, 9.17) is 5.73 Å². The normalized spacial score (nSPS) is 17.7. The van der Waals surface area contributed by atoms with Gasteiger partial charge in [-0.1, -0.05) is 39.8 Å². The third-order valence-corrected chi connectivity index (χ3v) is 8.32. The van der Waals surface area contributed by atoms with Crippen molar-refractivity contribution in [3.05, 3.63) is 63.1 Å². The minimum absolute atomic E-state index is 0.0298. The molecule has 4 N–H and O–H groups in total. The summed E-state index contributed by atoms with van der Waals surface area (Å²) >= 11 is 0.547. The molecule has 0 unspecified atom stereocenters. The maximum Gasteiger partial charge on any atom is 0.214 e. The first-order valence-electron chi connectivity index (χ1n) is 11.9. The molecular weight excluding hydrogens is 460 g/mol. The second-order valence-corrected chi connectivity index (χ2v) is 11.7. The van der Waals surface area contributed by atoms with Crippen molar-refractivity contribution < 1.29 is 15.0 Å². The van der Waals surface area contributed by atoms with E-state index in [1.165, 1.54) is 16.0 Å². The van der Waals surface area contributed by atoms with Gasteiger partial charge in [-0.15, -0.1) is 11.4 Å². The zero-order chi connectivity index (χ0) is 26.0. The Morgan fingerprint density at radius 2 is 1.86 bits per heavy atom. The van der Waals surface area contributed by atoms with Gasteiger partial charge in [-0.2, -0.15) is 0 Å². The minimum atomic E-state index is -0.0964. The molecular formula is C27H38N4O3S. The lowest BCUT2D eigenvalue weighted by Gasteiger charge is -2.42. The number of aliphatic hydroxyl groups excluding tert-OH is 2. The van der Waals surface area contributed by atoms with Crippen LogP contribution >= 0.6 is 11.4 Å². The number of fused-ring (bicyclic) bond motifs is 1. The number of carbonyl (C=O) groups is 1. The highest BCUT2D eigenvalue weighted by molar-refractivity contribution is 8.02. The number of benzene rings is 1. The third-order valence-electron chi connectivity index (χ3n) is 7.04. The highest BCUT2D eigenvalue weighted by atomic mass is 32.1. The number of rotatable bonds is 8. The number of allylic oxidation sites excluding steroid dienone is 1. The van der Waals surface area contributed by atoms with Crippen LogP contribution in [0.15, 0.2) is 35.0 Å². The van der Waals surface area contributed by atoms with Gasteiger partial charge in [0.2, 0.25) is 6.41 Å². The summed E-state index contributed by atoms with van der Waals surface area (Å²) in [6.45, 7) is 12.7. The molecule has 0 aliphatic heterocycles. The summed E-state index contributed by atoms with van der Waals surface area (Å²) in [5.41, 5.74) is 10.8. The Morgan fingerprint density at radius 1 is 1.20 bits per heavy atom. The Bertz CT molecular complexity index is 1170. The number of amides is 1. The fraction of sp³-hybridized carbons (Fsp3) is 0.481. The number of anilines is 1. The zero-order valence-electron chi connectivity index (χ0n) is 21.6. The van der Waals surface area contributed by atoms with Crippen molar-refractivity contribution in [3.63, 3.8) is 0 Å². The predicted molar refractivity (Wildman–Crippen MR) is 145 cm³/mol. The molecule has 8 heteroatoms. The number of aliphatic hydroxyl groups is 2. The second kappa shape index (κ2) is 10.6. The van der Waals surface area contributed by atoms with E-state index in [1.807, 2.05) is 13.0 Å². The van der Waals surface area contributed by atoms with Gasteiger partial charge in [0.05, 0.1) is 6.54 Å². The monoisotopic (exact) mass is 498 g/mol. The van der Waals surface area contributed by atoms with Crippen LogP contribution in [0.3, 0.4) is 0 Å². The summed E-state index contributed by atoms with van der Waals surface area (Å²) in [7, 11) is 0. The van der Waals surface area contributed by atoms with Crippen LogP contribution < -0.4 is 5.73 Å². The second-order valence-electron chi connectivity index (χ2n) is 10.5. The summed E-state index contributed by atoms with van der Waals surface area (Å²) in [6, 6.07) is 6.21. The molecule has 0 spiro atoms. The van der Waals surface area contributed by atoms with E-state index in [0.717, 1.165) is 29.7 Å². The highest BCUT2D eigenvalue weighted by Crippen LogP contribution is 2.46. The molecule has 190 valence electrons. The van der Waals surface area contributed by atoms with Gasteiger partial charge < -0.3 is 20.8 Å². The number of carbonyl (C=O) groups excluding carboxylic acids is 1. The average Bonchev–Trinajstić information content (AvgIpc) is 2.80. The fourth-order valence-electron chi connectivity index (χ4n) is 4.56. The summed E-state index contributed by atoms with van der Waals surface area (Å²) in [4.78, 5) is 22.6. The van der Waals surface area contributed by atoms with E-state index in [1.54, 1.807) is 13.1 Å². The van der Waals surface area contributed by atoms with Crippen LogP contribution in [0, 0.1) is 6.92 Å². The van der Waals surface area contributed by atoms with E-state index in [9.17, 15) is 15.0 Å². The Balaban J connectivity index is 1.99. The van der Waals surface area contributed by atoms with Crippen molar-refractivity contribution in [2.45, 2.75) is 78.2 Å². The largest absolute Gasteiger partial charge is 0.396 e. The van der Waals surface area contributed by atoms with E-state index < -0.39 is 0 Å². The van der Waals surface area contributed by atoms with Crippen LogP contribution in [0.2, 0.25) is 0 Å². The molecule has 1 heterocycles. The van der Waals surface area contributed by atoms with E-state index >= 15 is 0 Å². The summed E-state index contributed by atoms with van der Waals surface area (Å²) in [5, 5.41) is 21.0. The molecule has 0 fully saturated rings. The number of aryl methyl sites for hydroxylation is 1. The van der Waals surface area contributed by atoms with Crippen molar-refractivity contribution in [1.82, 2.24) is 14.9 Å².